The third-order valence-electron chi connectivity index (χ3n) is 2.59. The SMILES string of the molecule is COCCOc1ccc(NCc2csc([N+](=O)[O-])c2)cn1. The minimum Gasteiger partial charge on any atom is -0.475 e. The fraction of sp³-hybridized carbons (Fsp3) is 0.308. The molecule has 8 heteroatoms. The second-order valence-corrected chi connectivity index (χ2v) is 5.02. The fourth-order valence-electron chi connectivity index (χ4n) is 1.56. The van der Waals surface area contributed by atoms with Crippen molar-refractivity contribution >= 4 is 22.0 Å². The van der Waals surface area contributed by atoms with E-state index in [-0.39, 0.29) is 9.92 Å². The average molecular weight is 309 g/mol. The molecule has 0 aliphatic rings. The highest BCUT2D eigenvalue weighted by Gasteiger charge is 2.09. The van der Waals surface area contributed by atoms with Crippen LogP contribution in [0.2, 0.25) is 0 Å². The molecule has 2 aromatic heterocycles. The summed E-state index contributed by atoms with van der Waals surface area (Å²) in [6.07, 6.45) is 1.66. The predicted molar refractivity (Wildman–Crippen MR) is 79.9 cm³/mol. The van der Waals surface area contributed by atoms with E-state index >= 15 is 0 Å². The maximum atomic E-state index is 10.6. The number of nitrogens with one attached hydrogen (secondary N) is 1. The summed E-state index contributed by atoms with van der Waals surface area (Å²) in [7, 11) is 1.61. The van der Waals surface area contributed by atoms with E-state index in [2.05, 4.69) is 10.3 Å². The molecule has 0 aliphatic heterocycles. The number of hydrogen-bond donors (Lipinski definition) is 1. The first kappa shape index (κ1) is 15.2. The molecule has 7 nitrogen and oxygen atoms in total. The summed E-state index contributed by atoms with van der Waals surface area (Å²) in [6, 6.07) is 5.16. The van der Waals surface area contributed by atoms with Gasteiger partial charge in [0.25, 0.3) is 0 Å². The molecule has 2 aromatic rings. The van der Waals surface area contributed by atoms with Gasteiger partial charge in [-0.2, -0.15) is 0 Å². The van der Waals surface area contributed by atoms with E-state index in [0.717, 1.165) is 22.6 Å². The smallest absolute Gasteiger partial charge is 0.324 e. The lowest BCUT2D eigenvalue weighted by molar-refractivity contribution is -0.380. The van der Waals surface area contributed by atoms with Gasteiger partial charge in [0.05, 0.1) is 23.4 Å². The van der Waals surface area contributed by atoms with Crippen molar-refractivity contribution in [2.75, 3.05) is 25.6 Å². The zero-order valence-electron chi connectivity index (χ0n) is 11.4. The van der Waals surface area contributed by atoms with Gasteiger partial charge in [0, 0.05) is 31.2 Å². The van der Waals surface area contributed by atoms with Crippen LogP contribution in [0.4, 0.5) is 10.7 Å². The first-order chi connectivity index (χ1) is 10.2. The molecule has 0 aliphatic carbocycles. The van der Waals surface area contributed by atoms with Crippen molar-refractivity contribution in [3.8, 4) is 5.88 Å². The van der Waals surface area contributed by atoms with E-state index in [1.165, 1.54) is 0 Å². The Morgan fingerprint density at radius 3 is 2.90 bits per heavy atom. The van der Waals surface area contributed by atoms with E-state index in [0.29, 0.717) is 25.6 Å². The third-order valence-corrected chi connectivity index (χ3v) is 3.52. The molecule has 112 valence electrons. The zero-order chi connectivity index (χ0) is 15.1. The summed E-state index contributed by atoms with van der Waals surface area (Å²) < 4.78 is 10.2. The first-order valence-corrected chi connectivity index (χ1v) is 7.10. The van der Waals surface area contributed by atoms with Gasteiger partial charge in [-0.3, -0.25) is 10.1 Å². The molecule has 2 rings (SSSR count). The van der Waals surface area contributed by atoms with Gasteiger partial charge in [0.2, 0.25) is 5.88 Å². The highest BCUT2D eigenvalue weighted by atomic mass is 32.1. The Balaban J connectivity index is 1.83. The zero-order valence-corrected chi connectivity index (χ0v) is 12.3. The van der Waals surface area contributed by atoms with Crippen molar-refractivity contribution in [2.24, 2.45) is 0 Å². The molecule has 0 spiro atoms. The van der Waals surface area contributed by atoms with Crippen LogP contribution in [0.5, 0.6) is 5.88 Å². The number of hydrogen-bond acceptors (Lipinski definition) is 7. The van der Waals surface area contributed by atoms with Gasteiger partial charge in [0.15, 0.2) is 0 Å². The van der Waals surface area contributed by atoms with E-state index in [4.69, 9.17) is 9.47 Å². The van der Waals surface area contributed by atoms with Crippen LogP contribution >= 0.6 is 11.3 Å². The highest BCUT2D eigenvalue weighted by molar-refractivity contribution is 7.13. The molecule has 0 atom stereocenters. The van der Waals surface area contributed by atoms with Crippen LogP contribution in [-0.2, 0) is 11.3 Å². The van der Waals surface area contributed by atoms with Gasteiger partial charge in [-0.1, -0.05) is 11.3 Å². The molecule has 0 unspecified atom stereocenters. The van der Waals surface area contributed by atoms with Crippen LogP contribution in [0.3, 0.4) is 0 Å². The average Bonchev–Trinajstić information content (AvgIpc) is 2.96. The number of ether oxygens (including phenoxy) is 2. The molecule has 21 heavy (non-hydrogen) atoms. The Labute approximate surface area is 125 Å². The second-order valence-electron chi connectivity index (χ2n) is 4.13. The van der Waals surface area contributed by atoms with E-state index < -0.39 is 0 Å². The number of rotatable bonds is 8. The number of nitrogens with zero attached hydrogens (tertiary/aromatic N) is 2. The van der Waals surface area contributed by atoms with Crippen LogP contribution in [0.1, 0.15) is 5.56 Å². The van der Waals surface area contributed by atoms with Gasteiger partial charge in [-0.15, -0.1) is 0 Å². The summed E-state index contributed by atoms with van der Waals surface area (Å²) in [5, 5.41) is 15.7. The summed E-state index contributed by atoms with van der Waals surface area (Å²) in [4.78, 5) is 14.4. The maximum absolute atomic E-state index is 10.6. The molecule has 0 fully saturated rings. The number of pyridine rings is 1. The third kappa shape index (κ3) is 4.69. The monoisotopic (exact) mass is 309 g/mol. The Morgan fingerprint density at radius 1 is 1.43 bits per heavy atom. The summed E-state index contributed by atoms with van der Waals surface area (Å²) in [6.45, 7) is 1.48. The second kappa shape index (κ2) is 7.55. The molecule has 2 heterocycles. The van der Waals surface area contributed by atoms with Crippen molar-refractivity contribution in [1.82, 2.24) is 4.98 Å². The van der Waals surface area contributed by atoms with Crippen molar-refractivity contribution in [2.45, 2.75) is 6.54 Å². The predicted octanol–water partition coefficient (Wildman–Crippen LogP) is 2.69. The molecule has 0 aromatic carbocycles. The Kier molecular flexibility index (Phi) is 5.47. The molecule has 0 saturated heterocycles. The maximum Gasteiger partial charge on any atom is 0.324 e. The number of methoxy groups -OCH3 is 1. The van der Waals surface area contributed by atoms with Crippen molar-refractivity contribution in [3.63, 3.8) is 0 Å². The number of aromatic nitrogens is 1. The van der Waals surface area contributed by atoms with Crippen molar-refractivity contribution in [3.05, 3.63) is 45.5 Å². The minimum absolute atomic E-state index is 0.145. The quantitative estimate of drug-likeness (QED) is 0.458. The lowest BCUT2D eigenvalue weighted by Gasteiger charge is -2.07. The molecule has 0 amide bonds. The molecule has 0 radical (unpaired) electrons. The van der Waals surface area contributed by atoms with Crippen molar-refractivity contribution in [1.29, 1.82) is 0 Å². The van der Waals surface area contributed by atoms with Crippen molar-refractivity contribution < 1.29 is 14.4 Å². The van der Waals surface area contributed by atoms with Gasteiger partial charge in [0.1, 0.15) is 6.61 Å². The fourth-order valence-corrected chi connectivity index (χ4v) is 2.28. The molecule has 1 N–H and O–H groups in total. The molecular formula is C13H15N3O4S. The Hall–Kier alpha value is -2.19. The first-order valence-electron chi connectivity index (χ1n) is 6.22. The highest BCUT2D eigenvalue weighted by Crippen LogP contribution is 2.23. The van der Waals surface area contributed by atoms with Crippen LogP contribution < -0.4 is 10.1 Å². The largest absolute Gasteiger partial charge is 0.475 e. The van der Waals surface area contributed by atoms with E-state index in [1.54, 1.807) is 30.8 Å². The van der Waals surface area contributed by atoms with Gasteiger partial charge >= 0.3 is 5.00 Å². The normalized spacial score (nSPS) is 10.3. The minimum atomic E-state index is -0.387. The van der Waals surface area contributed by atoms with Gasteiger partial charge in [-0.25, -0.2) is 4.98 Å². The Morgan fingerprint density at radius 2 is 2.29 bits per heavy atom. The van der Waals surface area contributed by atoms with Gasteiger partial charge < -0.3 is 14.8 Å². The molecule has 0 bridgehead atoms. The van der Waals surface area contributed by atoms with E-state index in [1.807, 2.05) is 6.07 Å². The molecular weight excluding hydrogens is 294 g/mol. The standard InChI is InChI=1S/C13H15N3O4S/c1-19-4-5-20-12-3-2-11(8-15-12)14-7-10-6-13(16(17)18)21-9-10/h2-3,6,8-9,14H,4-5,7H2,1H3. The lowest BCUT2D eigenvalue weighted by Crippen LogP contribution is -2.05. The summed E-state index contributed by atoms with van der Waals surface area (Å²) in [5.41, 5.74) is 1.69. The van der Waals surface area contributed by atoms with Crippen LogP contribution in [0.15, 0.2) is 29.8 Å². The van der Waals surface area contributed by atoms with Crippen LogP contribution in [0, 0.1) is 10.1 Å². The van der Waals surface area contributed by atoms with Gasteiger partial charge in [-0.05, 0) is 11.6 Å². The number of nitro groups is 1. The molecule has 0 saturated carbocycles. The van der Waals surface area contributed by atoms with Crippen LogP contribution in [-0.4, -0.2) is 30.2 Å². The van der Waals surface area contributed by atoms with E-state index in [9.17, 15) is 10.1 Å². The topological polar surface area (TPSA) is 86.5 Å². The summed E-state index contributed by atoms with van der Waals surface area (Å²) >= 11 is 1.12. The Bertz CT molecular complexity index is 585. The lowest BCUT2D eigenvalue weighted by atomic mass is 10.3. The number of thiophene rings is 1. The van der Waals surface area contributed by atoms with Crippen LogP contribution in [0.25, 0.3) is 0 Å². The summed E-state index contributed by atoms with van der Waals surface area (Å²) in [5.74, 6) is 0.531. The number of anilines is 1.